The fourth-order valence-electron chi connectivity index (χ4n) is 2.88. The molecule has 0 N–H and O–H groups in total. The van der Waals surface area contributed by atoms with Gasteiger partial charge < -0.3 is 4.42 Å². The van der Waals surface area contributed by atoms with Crippen LogP contribution in [0, 0.1) is 6.92 Å². The van der Waals surface area contributed by atoms with E-state index in [1.54, 1.807) is 0 Å². The van der Waals surface area contributed by atoms with Crippen molar-refractivity contribution in [1.29, 1.82) is 0 Å². The first-order chi connectivity index (χ1) is 7.83. The van der Waals surface area contributed by atoms with Crippen LogP contribution in [0.5, 0.6) is 0 Å². The molecule has 0 radical (unpaired) electrons. The predicted octanol–water partition coefficient (Wildman–Crippen LogP) is 4.79. The largest absolute Gasteiger partial charge is 0.461 e. The van der Waals surface area contributed by atoms with Gasteiger partial charge in [-0.05, 0) is 49.4 Å². The molecule has 1 fully saturated rings. The first kappa shape index (κ1) is 9.95. The second-order valence-corrected chi connectivity index (χ2v) is 4.99. The smallest absolute Gasteiger partial charge is 0.134 e. The van der Waals surface area contributed by atoms with Gasteiger partial charge in [-0.3, -0.25) is 0 Å². The standard InChI is InChI=1S/C15H18O/c1-11-9-14-10-13(7-8-15(14)16-11)12-5-3-2-4-6-12/h7-10,12H,2-6H2,1H3. The Morgan fingerprint density at radius 1 is 1.06 bits per heavy atom. The minimum Gasteiger partial charge on any atom is -0.461 e. The summed E-state index contributed by atoms with van der Waals surface area (Å²) in [6.07, 6.45) is 6.94. The van der Waals surface area contributed by atoms with Crippen LogP contribution in [0.15, 0.2) is 28.7 Å². The topological polar surface area (TPSA) is 13.1 Å². The molecule has 16 heavy (non-hydrogen) atoms. The van der Waals surface area contributed by atoms with Gasteiger partial charge in [0.05, 0.1) is 0 Å². The van der Waals surface area contributed by atoms with Gasteiger partial charge in [0, 0.05) is 5.39 Å². The van der Waals surface area contributed by atoms with E-state index in [0.717, 1.165) is 17.3 Å². The summed E-state index contributed by atoms with van der Waals surface area (Å²) in [6, 6.07) is 8.84. The van der Waals surface area contributed by atoms with Gasteiger partial charge >= 0.3 is 0 Å². The van der Waals surface area contributed by atoms with Gasteiger partial charge in [-0.2, -0.15) is 0 Å². The van der Waals surface area contributed by atoms with Crippen molar-refractivity contribution in [3.63, 3.8) is 0 Å². The Hall–Kier alpha value is -1.24. The molecule has 0 unspecified atom stereocenters. The minimum atomic E-state index is 0.786. The lowest BCUT2D eigenvalue weighted by Gasteiger charge is -2.21. The van der Waals surface area contributed by atoms with Crippen molar-refractivity contribution < 1.29 is 4.42 Å². The molecule has 1 nitrogen and oxygen atoms in total. The second-order valence-electron chi connectivity index (χ2n) is 4.99. The first-order valence-electron chi connectivity index (χ1n) is 6.33. The molecule has 2 aromatic rings. The molecule has 1 aromatic heterocycles. The van der Waals surface area contributed by atoms with E-state index in [4.69, 9.17) is 4.42 Å². The number of furan rings is 1. The zero-order chi connectivity index (χ0) is 11.0. The highest BCUT2D eigenvalue weighted by Gasteiger charge is 2.16. The highest BCUT2D eigenvalue weighted by molar-refractivity contribution is 5.78. The van der Waals surface area contributed by atoms with Gasteiger partial charge in [-0.25, -0.2) is 0 Å². The van der Waals surface area contributed by atoms with Gasteiger partial charge in [0.15, 0.2) is 0 Å². The third kappa shape index (κ3) is 1.75. The summed E-state index contributed by atoms with van der Waals surface area (Å²) in [6.45, 7) is 2.01. The van der Waals surface area contributed by atoms with E-state index < -0.39 is 0 Å². The van der Waals surface area contributed by atoms with E-state index in [9.17, 15) is 0 Å². The van der Waals surface area contributed by atoms with Crippen molar-refractivity contribution in [3.8, 4) is 0 Å². The lowest BCUT2D eigenvalue weighted by molar-refractivity contribution is 0.444. The first-order valence-corrected chi connectivity index (χ1v) is 6.33. The maximum Gasteiger partial charge on any atom is 0.134 e. The number of aryl methyl sites for hydroxylation is 1. The molecule has 1 aliphatic rings. The maximum absolute atomic E-state index is 5.61. The molecule has 1 heterocycles. The SMILES string of the molecule is Cc1cc2cc(C3CCCCC3)ccc2o1. The molecule has 0 bridgehead atoms. The van der Waals surface area contributed by atoms with Gasteiger partial charge in [0.1, 0.15) is 11.3 Å². The van der Waals surface area contributed by atoms with Crippen LogP contribution < -0.4 is 0 Å². The normalized spacial score (nSPS) is 18.1. The predicted molar refractivity (Wildman–Crippen MR) is 66.8 cm³/mol. The zero-order valence-corrected chi connectivity index (χ0v) is 9.83. The van der Waals surface area contributed by atoms with E-state index >= 15 is 0 Å². The Kier molecular flexibility index (Phi) is 2.47. The van der Waals surface area contributed by atoms with E-state index in [0.29, 0.717) is 0 Å². The number of rotatable bonds is 1. The third-order valence-electron chi connectivity index (χ3n) is 3.74. The molecule has 3 rings (SSSR count). The molecular formula is C15H18O. The van der Waals surface area contributed by atoms with Crippen LogP contribution in [0.1, 0.15) is 49.3 Å². The molecule has 84 valence electrons. The van der Waals surface area contributed by atoms with Gasteiger partial charge in [0.2, 0.25) is 0 Å². The summed E-state index contributed by atoms with van der Waals surface area (Å²) < 4.78 is 5.61. The Labute approximate surface area is 96.5 Å². The van der Waals surface area contributed by atoms with E-state index in [2.05, 4.69) is 24.3 Å². The quantitative estimate of drug-likeness (QED) is 0.665. The average Bonchev–Trinajstić information content (AvgIpc) is 2.69. The Morgan fingerprint density at radius 3 is 2.69 bits per heavy atom. The molecule has 1 aliphatic carbocycles. The third-order valence-corrected chi connectivity index (χ3v) is 3.74. The summed E-state index contributed by atoms with van der Waals surface area (Å²) in [5.41, 5.74) is 2.53. The second kappa shape index (κ2) is 3.97. The van der Waals surface area contributed by atoms with Crippen molar-refractivity contribution in [2.45, 2.75) is 44.9 Å². The van der Waals surface area contributed by atoms with Gasteiger partial charge in [-0.15, -0.1) is 0 Å². The van der Waals surface area contributed by atoms with Crippen LogP contribution in [-0.2, 0) is 0 Å². The number of benzene rings is 1. The Bertz CT molecular complexity index is 489. The number of hydrogen-bond donors (Lipinski definition) is 0. The Balaban J connectivity index is 1.97. The molecule has 1 saturated carbocycles. The minimum absolute atomic E-state index is 0.786. The van der Waals surface area contributed by atoms with Gasteiger partial charge in [0.25, 0.3) is 0 Å². The fraction of sp³-hybridized carbons (Fsp3) is 0.467. The summed E-state index contributed by atoms with van der Waals surface area (Å²) in [7, 11) is 0. The van der Waals surface area contributed by atoms with Crippen molar-refractivity contribution in [2.24, 2.45) is 0 Å². The molecule has 0 amide bonds. The van der Waals surface area contributed by atoms with Crippen molar-refractivity contribution in [1.82, 2.24) is 0 Å². The molecule has 1 heteroatoms. The monoisotopic (exact) mass is 214 g/mol. The highest BCUT2D eigenvalue weighted by Crippen LogP contribution is 2.34. The number of hydrogen-bond acceptors (Lipinski definition) is 1. The van der Waals surface area contributed by atoms with E-state index in [1.807, 2.05) is 6.92 Å². The maximum atomic E-state index is 5.61. The lowest BCUT2D eigenvalue weighted by Crippen LogP contribution is -2.03. The van der Waals surface area contributed by atoms with Gasteiger partial charge in [-0.1, -0.05) is 25.3 Å². The Morgan fingerprint density at radius 2 is 1.88 bits per heavy atom. The van der Waals surface area contributed by atoms with Crippen LogP contribution in [0.25, 0.3) is 11.0 Å². The zero-order valence-electron chi connectivity index (χ0n) is 9.83. The molecular weight excluding hydrogens is 196 g/mol. The number of fused-ring (bicyclic) bond motifs is 1. The van der Waals surface area contributed by atoms with Crippen LogP contribution >= 0.6 is 0 Å². The van der Waals surface area contributed by atoms with E-state index in [-0.39, 0.29) is 0 Å². The average molecular weight is 214 g/mol. The van der Waals surface area contributed by atoms with Crippen LogP contribution in [0.4, 0.5) is 0 Å². The van der Waals surface area contributed by atoms with Crippen LogP contribution in [-0.4, -0.2) is 0 Å². The molecule has 0 aliphatic heterocycles. The van der Waals surface area contributed by atoms with Crippen molar-refractivity contribution >= 4 is 11.0 Å². The van der Waals surface area contributed by atoms with Crippen LogP contribution in [0.2, 0.25) is 0 Å². The van der Waals surface area contributed by atoms with Crippen LogP contribution in [0.3, 0.4) is 0 Å². The lowest BCUT2D eigenvalue weighted by atomic mass is 9.84. The molecule has 1 aromatic carbocycles. The molecule has 0 saturated heterocycles. The van der Waals surface area contributed by atoms with Crippen molar-refractivity contribution in [3.05, 3.63) is 35.6 Å². The summed E-state index contributed by atoms with van der Waals surface area (Å²) in [5, 5.41) is 1.26. The fourth-order valence-corrected chi connectivity index (χ4v) is 2.88. The summed E-state index contributed by atoms with van der Waals surface area (Å²) in [4.78, 5) is 0. The highest BCUT2D eigenvalue weighted by atomic mass is 16.3. The molecule has 0 spiro atoms. The summed E-state index contributed by atoms with van der Waals surface area (Å²) >= 11 is 0. The molecule has 0 atom stereocenters. The summed E-state index contributed by atoms with van der Waals surface area (Å²) in [5.74, 6) is 1.80. The van der Waals surface area contributed by atoms with E-state index in [1.165, 1.54) is 43.1 Å². The van der Waals surface area contributed by atoms with Crippen molar-refractivity contribution in [2.75, 3.05) is 0 Å².